The Morgan fingerprint density at radius 2 is 0.608 bits per heavy atom. The van der Waals surface area contributed by atoms with Crippen LogP contribution in [0.3, 0.4) is 0 Å². The van der Waals surface area contributed by atoms with E-state index in [1.165, 1.54) is 7.11 Å². The standard InChI is InChI=1S/C70H96N10O8.C34H45N3O5/c1-47(71-3)63(81)75-59(53-37-21-11-22-38-53)69(87)79-45-27-41-55(79)65(83)77-61(57(49-29-13-7-14-30-49)50-31-15-8-16-32-50)67(85)73-43-25-5-6-26-44-74-68(86)62(58(51-33-17-9-18-34-51)52-35-19-10-20-36-52)78-66(84)56-42-28-46-80(56)70(88)60(54-39-23-12-24-40-54)76-64(82)48(2)72-4;1-22(35-2)32(39)36-29(25-18-11-6-12-19-25)31(38)26-20-13-21-27(26)33(40)37-30(34(41)42-3)28(23-14-7-4-8-15-23)24-16-9-5-10-17-24/h7-10,13-20,29-36,47-48,53-62,71-72H,5-6,11-12,21-28,37-46H2,1-4H3,(H,73,85)(H,74,86)(H,75,81)(H,76,82)(H,77,83)(H,78,84);4-5,7-10,14-17,22,25-30,35H,6,11-13,18-21H2,1-3H3,(H,36,39)(H,37,40)/t47-,48-,55-,56-,59-,60-,61-,62-;22-,26?,27+,29-,30-/m00/s1. The molecule has 10 amide bonds. The summed E-state index contributed by atoms with van der Waals surface area (Å²) in [5, 5.41) is 33.7. The molecule has 0 bridgehead atoms. The van der Waals surface area contributed by atoms with E-state index < -0.39 is 114 Å². The van der Waals surface area contributed by atoms with E-state index in [0.29, 0.717) is 77.5 Å². The molecule has 0 aromatic heterocycles. The normalized spacial score (nSPS) is 20.0. The number of methoxy groups -OCH3 is 1. The summed E-state index contributed by atoms with van der Waals surface area (Å²) in [4.78, 5) is 173. The van der Waals surface area contributed by atoms with Crippen LogP contribution in [0.15, 0.2) is 182 Å². The maximum Gasteiger partial charge on any atom is 0.329 e. The summed E-state index contributed by atoms with van der Waals surface area (Å²) in [7, 11) is 6.45. The van der Waals surface area contributed by atoms with Gasteiger partial charge in [0.05, 0.1) is 31.3 Å². The highest BCUT2D eigenvalue weighted by Crippen LogP contribution is 2.40. The maximum atomic E-state index is 14.8. The molecule has 4 aliphatic carbocycles. The number of likely N-dealkylation sites (tertiary alicyclic amines) is 2. The molecule has 6 fully saturated rings. The van der Waals surface area contributed by atoms with Gasteiger partial charge in [0.2, 0.25) is 59.1 Å². The third kappa shape index (κ3) is 26.9. The molecule has 130 heavy (non-hydrogen) atoms. The molecule has 1 unspecified atom stereocenters. The third-order valence-corrected chi connectivity index (χ3v) is 28.0. The molecular weight excluding hydrogens is 1640 g/mol. The lowest BCUT2D eigenvalue weighted by Gasteiger charge is -2.36. The molecule has 0 radical (unpaired) electrons. The van der Waals surface area contributed by atoms with Crippen molar-refractivity contribution < 1.29 is 62.3 Å². The van der Waals surface area contributed by atoms with Crippen LogP contribution in [0, 0.1) is 29.6 Å². The number of likely N-dealkylation sites (N-methyl/N-ethyl adjacent to an activating group) is 3. The lowest BCUT2D eigenvalue weighted by molar-refractivity contribution is -0.146. The van der Waals surface area contributed by atoms with Gasteiger partial charge < -0.3 is 73.0 Å². The smallest absolute Gasteiger partial charge is 0.329 e. The van der Waals surface area contributed by atoms with E-state index in [-0.39, 0.29) is 70.8 Å². The number of ketones is 1. The van der Waals surface area contributed by atoms with Crippen molar-refractivity contribution in [3.63, 3.8) is 0 Å². The summed E-state index contributed by atoms with van der Waals surface area (Å²) in [6, 6.07) is 49.4. The SMILES string of the molecule is CN[C@@H](C)C(=O)N[C@H](C(=O)C1CCC[C@H]1C(=O)N[C@H](C(=O)OC)C(c1ccccc1)c1ccccc1)C1CCCCC1.CN[C@@H](C)C(=O)N[C@H](C(=O)N1CCC[C@H]1C(=O)N[C@H](C(=O)NCCCCCCNC(=O)[C@@H](NC(=O)[C@@H]1CCCN1C(=O)[C@@H](NC(=O)[C@H](C)NC)C1CCCCC1)C(c1ccccc1)c1ccccc1)C(c1ccccc1)c1ccccc1)C1CCCCC1. The maximum absolute atomic E-state index is 14.8. The quantitative estimate of drug-likeness (QED) is 0.0125. The van der Waals surface area contributed by atoms with E-state index >= 15 is 0 Å². The highest BCUT2D eigenvalue weighted by atomic mass is 16.5. The van der Waals surface area contributed by atoms with Gasteiger partial charge >= 0.3 is 5.97 Å². The van der Waals surface area contributed by atoms with Gasteiger partial charge in [-0.15, -0.1) is 0 Å². The van der Waals surface area contributed by atoms with E-state index in [0.717, 1.165) is 149 Å². The van der Waals surface area contributed by atoms with Gasteiger partial charge in [-0.3, -0.25) is 52.7 Å². The van der Waals surface area contributed by atoms with Crippen LogP contribution in [-0.2, 0) is 62.3 Å². The topological polar surface area (TPSA) is 353 Å². The van der Waals surface area contributed by atoms with Gasteiger partial charge in [-0.1, -0.05) is 259 Å². The molecule has 4 saturated carbocycles. The number of carbonyl (C=O) groups excluding carboxylic acids is 12. The minimum Gasteiger partial charge on any atom is -0.467 e. The molecule has 2 saturated heterocycles. The zero-order valence-corrected chi connectivity index (χ0v) is 77.2. The molecule has 26 heteroatoms. The van der Waals surface area contributed by atoms with Crippen molar-refractivity contribution in [2.75, 3.05) is 54.4 Å². The average molecular weight is 1780 g/mol. The monoisotopic (exact) mass is 1780 g/mol. The summed E-state index contributed by atoms with van der Waals surface area (Å²) >= 11 is 0. The van der Waals surface area contributed by atoms with Crippen LogP contribution in [0.25, 0.3) is 0 Å². The Kier molecular flexibility index (Phi) is 39.1. The lowest BCUT2D eigenvalue weighted by atomic mass is 9.77. The molecule has 700 valence electrons. The van der Waals surface area contributed by atoms with Crippen LogP contribution in [-0.4, -0.2) is 202 Å². The predicted octanol–water partition coefficient (Wildman–Crippen LogP) is 10.9. The Morgan fingerprint density at radius 1 is 0.315 bits per heavy atom. The molecule has 11 N–H and O–H groups in total. The van der Waals surface area contributed by atoms with Gasteiger partial charge in [-0.2, -0.15) is 0 Å². The second-order valence-electron chi connectivity index (χ2n) is 36.5. The number of Topliss-reactive ketones (excluding diaryl/α,β-unsaturated/α-hetero) is 1. The van der Waals surface area contributed by atoms with E-state index in [4.69, 9.17) is 4.74 Å². The average Bonchev–Trinajstić information content (AvgIpc) is 1.54. The second-order valence-corrected chi connectivity index (χ2v) is 36.5. The fourth-order valence-electron chi connectivity index (χ4n) is 20.3. The number of hydrogen-bond donors (Lipinski definition) is 11. The summed E-state index contributed by atoms with van der Waals surface area (Å²) in [6.07, 6.45) is 20.8. The number of benzene rings is 6. The molecule has 6 aromatic rings. The van der Waals surface area contributed by atoms with Crippen LogP contribution in [0.1, 0.15) is 239 Å². The Morgan fingerprint density at radius 3 is 0.923 bits per heavy atom. The molecular formula is C104H141N13O13. The molecule has 0 spiro atoms. The van der Waals surface area contributed by atoms with Gasteiger partial charge in [-0.25, -0.2) is 4.79 Å². The number of ether oxygens (including phenoxy) is 1. The van der Waals surface area contributed by atoms with E-state index in [9.17, 15) is 57.5 Å². The van der Waals surface area contributed by atoms with E-state index in [2.05, 4.69) is 58.5 Å². The highest BCUT2D eigenvalue weighted by Gasteiger charge is 2.49. The van der Waals surface area contributed by atoms with E-state index in [1.54, 1.807) is 51.7 Å². The first-order chi connectivity index (χ1) is 63.1. The Bertz CT molecular complexity index is 4300. The minimum absolute atomic E-state index is 0.0457. The molecule has 26 nitrogen and oxygen atoms in total. The molecule has 12 rings (SSSR count). The molecule has 13 atom stereocenters. The Balaban J connectivity index is 0.000000324. The largest absolute Gasteiger partial charge is 0.467 e. The number of hydrogen-bond acceptors (Lipinski definition) is 16. The van der Waals surface area contributed by atoms with Crippen molar-refractivity contribution in [3.05, 3.63) is 215 Å². The number of rotatable bonds is 41. The number of unbranched alkanes of at least 4 members (excludes halogenated alkanes) is 3. The second kappa shape index (κ2) is 51.0. The fraction of sp³-hybridized carbons (Fsp3) is 0.538. The van der Waals surface area contributed by atoms with Crippen LogP contribution in [0.5, 0.6) is 0 Å². The summed E-state index contributed by atoms with van der Waals surface area (Å²) < 4.78 is 5.19. The van der Waals surface area contributed by atoms with E-state index in [1.807, 2.05) is 182 Å². The van der Waals surface area contributed by atoms with Crippen molar-refractivity contribution in [3.8, 4) is 0 Å². The summed E-state index contributed by atoms with van der Waals surface area (Å²) in [6.45, 7) is 6.65. The zero-order valence-electron chi connectivity index (χ0n) is 77.2. The fourth-order valence-corrected chi connectivity index (χ4v) is 20.3. The van der Waals surface area contributed by atoms with Crippen LogP contribution < -0.4 is 58.5 Å². The molecule has 6 aliphatic rings. The van der Waals surface area contributed by atoms with Crippen molar-refractivity contribution in [1.29, 1.82) is 0 Å². The summed E-state index contributed by atoms with van der Waals surface area (Å²) in [5.74, 6) is -6.50. The Labute approximate surface area is 768 Å². The first-order valence-electron chi connectivity index (χ1n) is 48.1. The predicted molar refractivity (Wildman–Crippen MR) is 503 cm³/mol. The number of esters is 1. The van der Waals surface area contributed by atoms with Crippen LogP contribution in [0.4, 0.5) is 0 Å². The first-order valence-corrected chi connectivity index (χ1v) is 48.1. The summed E-state index contributed by atoms with van der Waals surface area (Å²) in [5.41, 5.74) is 5.10. The van der Waals surface area contributed by atoms with Gasteiger partial charge in [-0.05, 0) is 183 Å². The van der Waals surface area contributed by atoms with Crippen molar-refractivity contribution in [2.45, 2.75) is 272 Å². The molecule has 2 aliphatic heterocycles. The Hall–Kier alpha value is -11.0. The third-order valence-electron chi connectivity index (χ3n) is 28.0. The molecule has 6 aromatic carbocycles. The van der Waals surface area contributed by atoms with Crippen LogP contribution in [0.2, 0.25) is 0 Å². The number of amides is 10. The van der Waals surface area contributed by atoms with Gasteiger partial charge in [0.15, 0.2) is 5.78 Å². The minimum atomic E-state index is -1.05. The van der Waals surface area contributed by atoms with Crippen LogP contribution >= 0.6 is 0 Å². The zero-order chi connectivity index (χ0) is 92.4. The van der Waals surface area contributed by atoms with Crippen molar-refractivity contribution in [2.24, 2.45) is 29.6 Å². The van der Waals surface area contributed by atoms with Crippen molar-refractivity contribution >= 4 is 70.8 Å². The first kappa shape index (κ1) is 99.6. The lowest BCUT2D eigenvalue weighted by Crippen LogP contribution is -2.59. The molecule has 2 heterocycles. The van der Waals surface area contributed by atoms with Gasteiger partial charge in [0.25, 0.3) is 0 Å². The van der Waals surface area contributed by atoms with Crippen molar-refractivity contribution in [1.82, 2.24) is 68.3 Å². The number of nitrogens with one attached hydrogen (secondary N) is 11. The van der Waals surface area contributed by atoms with Gasteiger partial charge in [0, 0.05) is 55.8 Å². The number of carbonyl (C=O) groups is 12. The van der Waals surface area contributed by atoms with Gasteiger partial charge in [0.1, 0.15) is 42.3 Å². The number of nitrogens with zero attached hydrogens (tertiary/aromatic N) is 2. The highest BCUT2D eigenvalue weighted by molar-refractivity contribution is 5.99.